The molecule has 0 aromatic rings. The minimum Gasteiger partial charge on any atom is -0.478 e. The van der Waals surface area contributed by atoms with Gasteiger partial charge in [0.2, 0.25) is 0 Å². The van der Waals surface area contributed by atoms with Crippen LogP contribution in [0.1, 0.15) is 0 Å². The van der Waals surface area contributed by atoms with Gasteiger partial charge in [-0.15, -0.1) is 0 Å². The number of nitrogens with one attached hydrogen (secondary N) is 1. The van der Waals surface area contributed by atoms with Crippen molar-refractivity contribution in [2.45, 2.75) is 0 Å². The van der Waals surface area contributed by atoms with E-state index in [1.165, 1.54) is 12.2 Å². The number of hydrogen-bond acceptors (Lipinski definition) is 4. The minimum absolute atomic E-state index is 0.329. The molecule has 0 aliphatic carbocycles. The second-order valence-electron chi connectivity index (χ2n) is 2.27. The summed E-state index contributed by atoms with van der Waals surface area (Å²) in [6.07, 6.45) is 4.06. The van der Waals surface area contributed by atoms with Crippen molar-refractivity contribution < 1.29 is 29.4 Å². The summed E-state index contributed by atoms with van der Waals surface area (Å²) in [6, 6.07) is 0. The lowest BCUT2D eigenvalue weighted by Crippen LogP contribution is -2.19. The lowest BCUT2D eigenvalue weighted by Gasteiger charge is -1.80. The van der Waals surface area contributed by atoms with Crippen molar-refractivity contribution in [3.8, 4) is 0 Å². The zero-order chi connectivity index (χ0) is 13.8. The topological polar surface area (TPSA) is 121 Å². The van der Waals surface area contributed by atoms with Gasteiger partial charge in [-0.1, -0.05) is 13.2 Å². The van der Waals surface area contributed by atoms with Crippen molar-refractivity contribution in [1.29, 1.82) is 0 Å². The summed E-state index contributed by atoms with van der Waals surface area (Å²) in [7, 11) is 0. The van der Waals surface area contributed by atoms with Crippen molar-refractivity contribution in [1.82, 2.24) is 5.32 Å². The van der Waals surface area contributed by atoms with Crippen LogP contribution in [0.2, 0.25) is 0 Å². The smallest absolute Gasteiger partial charge is 0.327 e. The Balaban J connectivity index is 0. The Kier molecular flexibility index (Phi) is 9.68. The maximum Gasteiger partial charge on any atom is 0.327 e. The molecule has 1 heterocycles. The number of hydrogen-bond donors (Lipinski definition) is 3. The van der Waals surface area contributed by atoms with Gasteiger partial charge in [-0.05, 0) is 0 Å². The summed E-state index contributed by atoms with van der Waals surface area (Å²) < 4.78 is 0. The fraction of sp³-hybridized carbons (Fsp3) is 0. The molecule has 7 nitrogen and oxygen atoms in total. The number of carbonyl (C=O) groups excluding carboxylic acids is 2. The number of carbonyl (C=O) groups is 4. The van der Waals surface area contributed by atoms with E-state index in [1.807, 2.05) is 5.32 Å². The van der Waals surface area contributed by atoms with E-state index in [0.717, 1.165) is 12.2 Å². The summed E-state index contributed by atoms with van der Waals surface area (Å²) in [5, 5.41) is 17.2. The van der Waals surface area contributed by atoms with Gasteiger partial charge in [-0.3, -0.25) is 14.9 Å². The Morgan fingerprint density at radius 3 is 1.29 bits per heavy atom. The quantitative estimate of drug-likeness (QED) is 0.451. The van der Waals surface area contributed by atoms with E-state index in [0.29, 0.717) is 0 Å². The summed E-state index contributed by atoms with van der Waals surface area (Å²) in [5.41, 5.74) is 0. The Morgan fingerprint density at radius 1 is 1.00 bits per heavy atom. The summed E-state index contributed by atoms with van der Waals surface area (Å²) in [5.74, 6) is -2.62. The van der Waals surface area contributed by atoms with Crippen molar-refractivity contribution in [3.63, 3.8) is 0 Å². The number of rotatable bonds is 2. The number of aliphatic carboxylic acids is 2. The van der Waals surface area contributed by atoms with E-state index in [1.54, 1.807) is 0 Å². The lowest BCUT2D eigenvalue weighted by molar-refractivity contribution is -0.132. The zero-order valence-electron chi connectivity index (χ0n) is 8.75. The maximum atomic E-state index is 10.0. The van der Waals surface area contributed by atoms with Gasteiger partial charge in [0.05, 0.1) is 0 Å². The molecule has 0 spiro atoms. The molecule has 0 aromatic carbocycles. The number of carboxylic acids is 2. The Bertz CT molecular complexity index is 335. The van der Waals surface area contributed by atoms with Crippen LogP contribution in [0.3, 0.4) is 0 Å². The van der Waals surface area contributed by atoms with Gasteiger partial charge in [-0.25, -0.2) is 9.59 Å². The SMILES string of the molecule is C=CC(=O)O.C=CC(=O)O.O=C1C=CC(=O)N1. The summed E-state index contributed by atoms with van der Waals surface area (Å²) in [6.45, 7) is 5.92. The zero-order valence-corrected chi connectivity index (χ0v) is 8.75. The largest absolute Gasteiger partial charge is 0.478 e. The molecule has 0 saturated heterocycles. The van der Waals surface area contributed by atoms with Crippen LogP contribution in [-0.4, -0.2) is 34.0 Å². The average Bonchev–Trinajstić information content (AvgIpc) is 2.64. The molecule has 0 unspecified atom stereocenters. The van der Waals surface area contributed by atoms with Gasteiger partial charge >= 0.3 is 11.9 Å². The first-order valence-corrected chi connectivity index (χ1v) is 4.07. The van der Waals surface area contributed by atoms with Crippen molar-refractivity contribution in [3.05, 3.63) is 37.5 Å². The van der Waals surface area contributed by atoms with Gasteiger partial charge in [0.25, 0.3) is 11.8 Å². The van der Waals surface area contributed by atoms with Gasteiger partial charge in [-0.2, -0.15) is 0 Å². The number of amides is 2. The predicted octanol–water partition coefficient (Wildman–Crippen LogP) is -0.287. The molecule has 0 radical (unpaired) electrons. The molecule has 3 N–H and O–H groups in total. The van der Waals surface area contributed by atoms with E-state index in [-0.39, 0.29) is 11.8 Å². The van der Waals surface area contributed by atoms with E-state index in [2.05, 4.69) is 13.2 Å². The molecule has 1 rings (SSSR count). The monoisotopic (exact) mass is 241 g/mol. The highest BCUT2D eigenvalue weighted by Gasteiger charge is 2.06. The summed E-state index contributed by atoms with van der Waals surface area (Å²) in [4.78, 5) is 38.6. The second kappa shape index (κ2) is 9.84. The maximum absolute atomic E-state index is 10.0. The molecule has 1 aliphatic rings. The normalized spacial score (nSPS) is 11.1. The number of carboxylic acid groups (broad SMARTS) is 2. The standard InChI is InChI=1S/C4H3NO2.2C3H4O2/c6-3-1-2-4(7)5-3;2*1-2-3(4)5/h1-2H,(H,5,6,7);2*2H,1H2,(H,4,5). The Hall–Kier alpha value is -2.70. The first-order chi connectivity index (χ1) is 7.83. The van der Waals surface area contributed by atoms with E-state index in [9.17, 15) is 19.2 Å². The number of imide groups is 1. The molecule has 17 heavy (non-hydrogen) atoms. The first-order valence-electron chi connectivity index (χ1n) is 4.07. The third-order valence-electron chi connectivity index (χ3n) is 0.982. The molecule has 0 aromatic heterocycles. The molecule has 92 valence electrons. The third kappa shape index (κ3) is 16.0. The molecular weight excluding hydrogens is 230 g/mol. The first kappa shape index (κ1) is 16.7. The molecule has 1 aliphatic heterocycles. The molecule has 0 atom stereocenters. The van der Waals surface area contributed by atoms with Crippen LogP contribution >= 0.6 is 0 Å². The Labute approximate surface area is 96.7 Å². The van der Waals surface area contributed by atoms with E-state index in [4.69, 9.17) is 10.2 Å². The average molecular weight is 241 g/mol. The van der Waals surface area contributed by atoms with Gasteiger partial charge < -0.3 is 10.2 Å². The van der Waals surface area contributed by atoms with Crippen LogP contribution in [0.5, 0.6) is 0 Å². The molecule has 2 amide bonds. The fourth-order valence-electron chi connectivity index (χ4n) is 0.356. The molecular formula is C10H11NO6. The van der Waals surface area contributed by atoms with Crippen molar-refractivity contribution in [2.75, 3.05) is 0 Å². The van der Waals surface area contributed by atoms with Gasteiger partial charge in [0, 0.05) is 24.3 Å². The molecule has 0 saturated carbocycles. The lowest BCUT2D eigenvalue weighted by atomic mass is 10.6. The van der Waals surface area contributed by atoms with Crippen molar-refractivity contribution >= 4 is 23.8 Å². The highest BCUT2D eigenvalue weighted by molar-refractivity contribution is 6.12. The predicted molar refractivity (Wildman–Crippen MR) is 58.0 cm³/mol. The fourth-order valence-corrected chi connectivity index (χ4v) is 0.356. The van der Waals surface area contributed by atoms with Crippen LogP contribution in [-0.2, 0) is 19.2 Å². The second-order valence-corrected chi connectivity index (χ2v) is 2.27. The van der Waals surface area contributed by atoms with Crippen LogP contribution in [0.25, 0.3) is 0 Å². The summed E-state index contributed by atoms with van der Waals surface area (Å²) >= 11 is 0. The van der Waals surface area contributed by atoms with Crippen LogP contribution < -0.4 is 5.32 Å². The van der Waals surface area contributed by atoms with E-state index < -0.39 is 11.9 Å². The van der Waals surface area contributed by atoms with Gasteiger partial charge in [0.15, 0.2) is 0 Å². The van der Waals surface area contributed by atoms with E-state index >= 15 is 0 Å². The minimum atomic E-state index is -0.981. The third-order valence-corrected chi connectivity index (χ3v) is 0.982. The molecule has 7 heteroatoms. The van der Waals surface area contributed by atoms with Crippen LogP contribution in [0.4, 0.5) is 0 Å². The highest BCUT2D eigenvalue weighted by atomic mass is 16.4. The van der Waals surface area contributed by atoms with Gasteiger partial charge in [0.1, 0.15) is 0 Å². The Morgan fingerprint density at radius 2 is 1.24 bits per heavy atom. The highest BCUT2D eigenvalue weighted by Crippen LogP contribution is 1.82. The molecule has 0 fully saturated rings. The van der Waals surface area contributed by atoms with Crippen molar-refractivity contribution in [2.24, 2.45) is 0 Å². The van der Waals surface area contributed by atoms with Crippen LogP contribution in [0.15, 0.2) is 37.5 Å². The van der Waals surface area contributed by atoms with Crippen LogP contribution in [0, 0.1) is 0 Å². The molecule has 0 bridgehead atoms.